The van der Waals surface area contributed by atoms with Crippen molar-refractivity contribution in [1.82, 2.24) is 14.5 Å². The summed E-state index contributed by atoms with van der Waals surface area (Å²) < 4.78 is 6.91. The van der Waals surface area contributed by atoms with Crippen LogP contribution < -0.4 is 10.3 Å². The summed E-state index contributed by atoms with van der Waals surface area (Å²) in [4.78, 5) is 34.7. The van der Waals surface area contributed by atoms with Crippen molar-refractivity contribution in [3.05, 3.63) is 92.3 Å². The Labute approximate surface area is 196 Å². The number of carbonyl (C=O) groups is 1. The van der Waals surface area contributed by atoms with Crippen molar-refractivity contribution in [3.8, 4) is 5.75 Å². The fourth-order valence-corrected chi connectivity index (χ4v) is 5.57. The van der Waals surface area contributed by atoms with Crippen LogP contribution in [0.1, 0.15) is 31.9 Å². The van der Waals surface area contributed by atoms with Crippen LogP contribution in [0.3, 0.4) is 0 Å². The second-order valence-corrected chi connectivity index (χ2v) is 9.40. The molecule has 5 rings (SSSR count). The van der Waals surface area contributed by atoms with Gasteiger partial charge in [-0.3, -0.25) is 14.2 Å². The first-order valence-corrected chi connectivity index (χ1v) is 11.8. The molecule has 0 unspecified atom stereocenters. The van der Waals surface area contributed by atoms with Crippen molar-refractivity contribution in [3.63, 3.8) is 0 Å². The molecule has 1 aliphatic heterocycles. The molecule has 0 aliphatic carbocycles. The van der Waals surface area contributed by atoms with E-state index in [9.17, 15) is 9.59 Å². The van der Waals surface area contributed by atoms with Crippen LogP contribution in [0.15, 0.2) is 59.7 Å². The standard InChI is InChI=1S/C26H25N3O3S/c1-17-5-3-4-6-20(17)25(30)28-14-12-21-22(15-28)33-24-23(21)26(31)29(16-27-24)13-11-18-7-9-19(32-2)10-8-18/h3-10,16H,11-15H2,1-2H3. The Hall–Kier alpha value is -3.45. The van der Waals surface area contributed by atoms with Crippen molar-refractivity contribution in [1.29, 1.82) is 0 Å². The van der Waals surface area contributed by atoms with Gasteiger partial charge in [0.05, 0.1) is 25.4 Å². The molecule has 6 nitrogen and oxygen atoms in total. The van der Waals surface area contributed by atoms with Gasteiger partial charge in [0.15, 0.2) is 0 Å². The van der Waals surface area contributed by atoms with Crippen molar-refractivity contribution >= 4 is 27.5 Å². The maximum absolute atomic E-state index is 13.3. The summed E-state index contributed by atoms with van der Waals surface area (Å²) in [5.41, 5.74) is 3.91. The minimum absolute atomic E-state index is 0.00434. The third kappa shape index (κ3) is 4.04. The van der Waals surface area contributed by atoms with Gasteiger partial charge in [-0.2, -0.15) is 0 Å². The molecular weight excluding hydrogens is 434 g/mol. The molecule has 1 amide bonds. The molecule has 0 radical (unpaired) electrons. The van der Waals surface area contributed by atoms with Crippen molar-refractivity contribution in [2.45, 2.75) is 32.9 Å². The zero-order valence-corrected chi connectivity index (χ0v) is 19.5. The topological polar surface area (TPSA) is 64.4 Å². The smallest absolute Gasteiger partial charge is 0.262 e. The minimum Gasteiger partial charge on any atom is -0.497 e. The van der Waals surface area contributed by atoms with Crippen LogP contribution in [0.5, 0.6) is 5.75 Å². The van der Waals surface area contributed by atoms with E-state index in [0.717, 1.165) is 49.5 Å². The lowest BCUT2D eigenvalue weighted by molar-refractivity contribution is 0.0736. The second kappa shape index (κ2) is 8.83. The van der Waals surface area contributed by atoms with Gasteiger partial charge in [0, 0.05) is 23.5 Å². The van der Waals surface area contributed by atoms with Crippen LogP contribution in [-0.2, 0) is 25.9 Å². The first-order chi connectivity index (χ1) is 16.0. The van der Waals surface area contributed by atoms with Gasteiger partial charge in [-0.15, -0.1) is 11.3 Å². The Bertz CT molecular complexity index is 1390. The Kier molecular flexibility index (Phi) is 5.72. The molecule has 168 valence electrons. The number of aromatic nitrogens is 2. The number of aryl methyl sites for hydroxylation is 3. The predicted octanol–water partition coefficient (Wildman–Crippen LogP) is 4.22. The molecule has 0 fully saturated rings. The van der Waals surface area contributed by atoms with Gasteiger partial charge in [0.25, 0.3) is 11.5 Å². The largest absolute Gasteiger partial charge is 0.497 e. The molecule has 1 aliphatic rings. The van der Waals surface area contributed by atoms with Crippen LogP contribution in [0, 0.1) is 6.92 Å². The highest BCUT2D eigenvalue weighted by Gasteiger charge is 2.27. The van der Waals surface area contributed by atoms with E-state index in [4.69, 9.17) is 4.74 Å². The predicted molar refractivity (Wildman–Crippen MR) is 130 cm³/mol. The average Bonchev–Trinajstić information content (AvgIpc) is 3.22. The normalized spacial score (nSPS) is 13.2. The number of amides is 1. The Balaban J connectivity index is 1.38. The third-order valence-corrected chi connectivity index (χ3v) is 7.42. The van der Waals surface area contributed by atoms with E-state index in [1.807, 2.05) is 60.4 Å². The molecule has 0 N–H and O–H groups in total. The highest BCUT2D eigenvalue weighted by Crippen LogP contribution is 2.33. The van der Waals surface area contributed by atoms with E-state index < -0.39 is 0 Å². The van der Waals surface area contributed by atoms with Gasteiger partial charge in [0.2, 0.25) is 0 Å². The summed E-state index contributed by atoms with van der Waals surface area (Å²) in [6.07, 6.45) is 3.06. The molecular formula is C26H25N3O3S. The number of hydrogen-bond acceptors (Lipinski definition) is 5. The number of thiophene rings is 1. The first-order valence-electron chi connectivity index (χ1n) is 11.0. The maximum atomic E-state index is 13.3. The highest BCUT2D eigenvalue weighted by atomic mass is 32.1. The molecule has 2 aromatic carbocycles. The Morgan fingerprint density at radius 3 is 2.70 bits per heavy atom. The van der Waals surface area contributed by atoms with Gasteiger partial charge in [0.1, 0.15) is 10.6 Å². The lowest BCUT2D eigenvalue weighted by Gasteiger charge is -2.27. The zero-order chi connectivity index (χ0) is 22.9. The molecule has 0 spiro atoms. The van der Waals surface area contributed by atoms with Gasteiger partial charge in [-0.05, 0) is 54.7 Å². The lowest BCUT2D eigenvalue weighted by Crippen LogP contribution is -2.36. The maximum Gasteiger partial charge on any atom is 0.262 e. The van der Waals surface area contributed by atoms with Crippen molar-refractivity contribution in [2.24, 2.45) is 0 Å². The van der Waals surface area contributed by atoms with E-state index in [0.29, 0.717) is 26.1 Å². The van der Waals surface area contributed by atoms with Crippen LogP contribution in [0.2, 0.25) is 0 Å². The lowest BCUT2D eigenvalue weighted by atomic mass is 10.0. The molecule has 3 heterocycles. The number of fused-ring (bicyclic) bond motifs is 3. The summed E-state index contributed by atoms with van der Waals surface area (Å²) >= 11 is 1.53. The molecule has 33 heavy (non-hydrogen) atoms. The van der Waals surface area contributed by atoms with Gasteiger partial charge in [-0.25, -0.2) is 4.98 Å². The number of methoxy groups -OCH3 is 1. The van der Waals surface area contributed by atoms with Crippen LogP contribution in [0.4, 0.5) is 0 Å². The van der Waals surface area contributed by atoms with Crippen LogP contribution in [-0.4, -0.2) is 34.0 Å². The number of hydrogen-bond donors (Lipinski definition) is 0. The van der Waals surface area contributed by atoms with Crippen LogP contribution >= 0.6 is 11.3 Å². The van der Waals surface area contributed by atoms with E-state index in [1.54, 1.807) is 18.0 Å². The molecule has 0 bridgehead atoms. The summed E-state index contributed by atoms with van der Waals surface area (Å²) in [5.74, 6) is 0.861. The number of ether oxygens (including phenoxy) is 1. The zero-order valence-electron chi connectivity index (χ0n) is 18.7. The minimum atomic E-state index is 0.00434. The quantitative estimate of drug-likeness (QED) is 0.448. The van der Waals surface area contributed by atoms with E-state index in [-0.39, 0.29) is 11.5 Å². The summed E-state index contributed by atoms with van der Waals surface area (Å²) in [6.45, 7) is 3.65. The molecule has 4 aromatic rings. The Morgan fingerprint density at radius 2 is 1.94 bits per heavy atom. The van der Waals surface area contributed by atoms with Crippen molar-refractivity contribution in [2.75, 3.05) is 13.7 Å². The summed E-state index contributed by atoms with van der Waals surface area (Å²) in [6, 6.07) is 15.6. The van der Waals surface area contributed by atoms with Crippen molar-refractivity contribution < 1.29 is 9.53 Å². The monoisotopic (exact) mass is 459 g/mol. The molecule has 0 saturated heterocycles. The average molecular weight is 460 g/mol. The first kappa shape index (κ1) is 21.4. The van der Waals surface area contributed by atoms with Gasteiger partial charge in [-0.1, -0.05) is 30.3 Å². The number of nitrogens with zero attached hydrogens (tertiary/aromatic N) is 3. The SMILES string of the molecule is COc1ccc(CCn2cnc3sc4c(c3c2=O)CCN(C(=O)c2ccccc2C)C4)cc1. The summed E-state index contributed by atoms with van der Waals surface area (Å²) in [5, 5.41) is 0.718. The third-order valence-electron chi connectivity index (χ3n) is 6.29. The van der Waals surface area contributed by atoms with Gasteiger partial charge >= 0.3 is 0 Å². The van der Waals surface area contributed by atoms with E-state index in [1.165, 1.54) is 11.3 Å². The molecule has 7 heteroatoms. The number of carbonyl (C=O) groups excluding carboxylic acids is 1. The number of rotatable bonds is 5. The van der Waals surface area contributed by atoms with E-state index >= 15 is 0 Å². The Morgan fingerprint density at radius 1 is 1.15 bits per heavy atom. The van der Waals surface area contributed by atoms with Gasteiger partial charge < -0.3 is 9.64 Å². The molecule has 2 aromatic heterocycles. The highest BCUT2D eigenvalue weighted by molar-refractivity contribution is 7.18. The van der Waals surface area contributed by atoms with Crippen LogP contribution in [0.25, 0.3) is 10.2 Å². The molecule has 0 saturated carbocycles. The fourth-order valence-electron chi connectivity index (χ4n) is 4.38. The summed E-state index contributed by atoms with van der Waals surface area (Å²) in [7, 11) is 1.65. The number of benzene rings is 2. The fraction of sp³-hybridized carbons (Fsp3) is 0.269. The second-order valence-electron chi connectivity index (χ2n) is 8.32. The molecule has 0 atom stereocenters. The van der Waals surface area contributed by atoms with E-state index in [2.05, 4.69) is 4.98 Å².